The van der Waals surface area contributed by atoms with Crippen LogP contribution in [0.5, 0.6) is 0 Å². The molecule has 1 atom stereocenters. The highest BCUT2D eigenvalue weighted by Gasteiger charge is 2.34. The van der Waals surface area contributed by atoms with Gasteiger partial charge >= 0.3 is 6.18 Å². The van der Waals surface area contributed by atoms with E-state index < -0.39 is 12.7 Å². The lowest BCUT2D eigenvalue weighted by atomic mass is 10.2. The molecule has 2 N–H and O–H groups in total. The molecule has 7 nitrogen and oxygen atoms in total. The maximum Gasteiger partial charge on any atom is 0.401 e. The molecule has 1 fully saturated rings. The predicted molar refractivity (Wildman–Crippen MR) is 110 cm³/mol. The lowest BCUT2D eigenvalue weighted by Crippen LogP contribution is -2.45. The number of alkyl halides is 3. The van der Waals surface area contributed by atoms with Gasteiger partial charge in [-0.2, -0.15) is 13.2 Å². The Morgan fingerprint density at radius 2 is 2.10 bits per heavy atom. The van der Waals surface area contributed by atoms with Gasteiger partial charge in [0, 0.05) is 45.7 Å². The van der Waals surface area contributed by atoms with Crippen molar-refractivity contribution in [1.29, 1.82) is 0 Å². The number of hydrogen-bond acceptors (Lipinski definition) is 5. The fourth-order valence-electron chi connectivity index (χ4n) is 3.39. The maximum absolute atomic E-state index is 12.5. The molecule has 166 valence electrons. The van der Waals surface area contributed by atoms with Crippen LogP contribution in [0.2, 0.25) is 0 Å². The molecule has 0 aliphatic carbocycles. The van der Waals surface area contributed by atoms with E-state index in [1.54, 1.807) is 18.8 Å². The average molecular weight is 436 g/mol. The molecule has 2 rings (SSSR count). The third-order valence-corrected chi connectivity index (χ3v) is 5.30. The summed E-state index contributed by atoms with van der Waals surface area (Å²) in [5.74, 6) is 2.11. The second-order valence-corrected chi connectivity index (χ2v) is 8.46. The van der Waals surface area contributed by atoms with Crippen LogP contribution in [-0.4, -0.2) is 77.3 Å². The smallest absolute Gasteiger partial charge is 0.356 e. The summed E-state index contributed by atoms with van der Waals surface area (Å²) in [5.41, 5.74) is 0. The number of nitrogens with zero attached hydrogens (tertiary/aromatic N) is 5. The Bertz CT molecular complexity index is 660. The van der Waals surface area contributed by atoms with Crippen molar-refractivity contribution in [1.82, 2.24) is 30.3 Å². The van der Waals surface area contributed by atoms with Crippen molar-refractivity contribution < 1.29 is 13.2 Å². The van der Waals surface area contributed by atoms with E-state index >= 15 is 0 Å². The van der Waals surface area contributed by atoms with Gasteiger partial charge < -0.3 is 15.2 Å². The second-order valence-electron chi connectivity index (χ2n) is 7.69. The summed E-state index contributed by atoms with van der Waals surface area (Å²) in [6.45, 7) is 5.89. The van der Waals surface area contributed by atoms with Gasteiger partial charge in [0.2, 0.25) is 0 Å². The van der Waals surface area contributed by atoms with Crippen LogP contribution in [0, 0.1) is 5.92 Å². The fraction of sp³-hybridized carbons (Fsp3) is 0.833. The normalized spacial score (nSPS) is 18.6. The molecule has 29 heavy (non-hydrogen) atoms. The van der Waals surface area contributed by atoms with Gasteiger partial charge in [0.1, 0.15) is 5.82 Å². The van der Waals surface area contributed by atoms with Crippen LogP contribution in [0.3, 0.4) is 0 Å². The van der Waals surface area contributed by atoms with E-state index in [0.717, 1.165) is 30.4 Å². The van der Waals surface area contributed by atoms with Gasteiger partial charge in [-0.25, -0.2) is 0 Å². The van der Waals surface area contributed by atoms with Crippen molar-refractivity contribution in [3.63, 3.8) is 0 Å². The zero-order valence-electron chi connectivity index (χ0n) is 17.6. The van der Waals surface area contributed by atoms with Crippen LogP contribution in [-0.2, 0) is 13.0 Å². The molecule has 1 aliphatic rings. The molecular formula is C18H32F3N7S. The third kappa shape index (κ3) is 8.04. The Kier molecular flexibility index (Phi) is 9.06. The molecular weight excluding hydrogens is 403 g/mol. The lowest BCUT2D eigenvalue weighted by Gasteiger charge is -2.19. The monoisotopic (exact) mass is 435 g/mol. The molecule has 0 bridgehead atoms. The van der Waals surface area contributed by atoms with Gasteiger partial charge in [0.25, 0.3) is 0 Å². The number of aryl methyl sites for hydroxylation is 1. The van der Waals surface area contributed by atoms with E-state index in [1.807, 2.05) is 6.26 Å². The number of thioether (sulfide) groups is 1. The van der Waals surface area contributed by atoms with Crippen molar-refractivity contribution >= 4 is 17.7 Å². The first kappa shape index (κ1) is 23.8. The van der Waals surface area contributed by atoms with Gasteiger partial charge in [-0.05, 0) is 25.0 Å². The topological polar surface area (TPSA) is 70.4 Å². The van der Waals surface area contributed by atoms with E-state index in [9.17, 15) is 13.2 Å². The molecule has 1 aromatic heterocycles. The molecule has 1 aliphatic heterocycles. The predicted octanol–water partition coefficient (Wildman–Crippen LogP) is 2.39. The minimum atomic E-state index is -4.15. The van der Waals surface area contributed by atoms with Crippen molar-refractivity contribution in [3.05, 3.63) is 5.82 Å². The van der Waals surface area contributed by atoms with Gasteiger partial charge in [-0.3, -0.25) is 9.89 Å². The molecule has 11 heteroatoms. The number of aliphatic imine (C=N–C) groups is 1. The fourth-order valence-corrected chi connectivity index (χ4v) is 3.92. The standard InChI is InChI=1S/C18H32F3N7S/c1-13(2)10-28-15(25-26-17(28)29-4)6-5-8-23-16(22-3)24-14-7-9-27(11-14)12-18(19,20)21/h13-14H,5-12H2,1-4H3,(H2,22,23,24). The first-order valence-corrected chi connectivity index (χ1v) is 11.2. The quantitative estimate of drug-likeness (QED) is 0.269. The average Bonchev–Trinajstić information content (AvgIpc) is 3.22. The van der Waals surface area contributed by atoms with E-state index in [-0.39, 0.29) is 6.04 Å². The van der Waals surface area contributed by atoms with Crippen LogP contribution in [0.15, 0.2) is 10.1 Å². The Morgan fingerprint density at radius 3 is 2.72 bits per heavy atom. The molecule has 0 spiro atoms. The van der Waals surface area contributed by atoms with Crippen molar-refractivity contribution in [2.45, 2.75) is 57.0 Å². The number of nitrogens with one attached hydrogen (secondary N) is 2. The molecule has 0 radical (unpaired) electrons. The van der Waals surface area contributed by atoms with Gasteiger partial charge in [-0.15, -0.1) is 10.2 Å². The Morgan fingerprint density at radius 1 is 1.34 bits per heavy atom. The molecule has 1 saturated heterocycles. The highest BCUT2D eigenvalue weighted by Crippen LogP contribution is 2.20. The van der Waals surface area contributed by atoms with E-state index in [4.69, 9.17) is 0 Å². The second kappa shape index (κ2) is 11.1. The largest absolute Gasteiger partial charge is 0.401 e. The number of guanidine groups is 1. The van der Waals surface area contributed by atoms with Gasteiger partial charge in [0.05, 0.1) is 6.54 Å². The van der Waals surface area contributed by atoms with Crippen LogP contribution in [0.25, 0.3) is 0 Å². The molecule has 0 aromatic carbocycles. The summed E-state index contributed by atoms with van der Waals surface area (Å²) in [4.78, 5) is 5.61. The summed E-state index contributed by atoms with van der Waals surface area (Å²) in [5, 5.41) is 16.0. The summed E-state index contributed by atoms with van der Waals surface area (Å²) in [7, 11) is 1.67. The van der Waals surface area contributed by atoms with E-state index in [0.29, 0.717) is 37.9 Å². The summed E-state index contributed by atoms with van der Waals surface area (Å²) in [6.07, 6.45) is 0.178. The number of aromatic nitrogens is 3. The van der Waals surface area contributed by atoms with Crippen molar-refractivity contribution in [2.24, 2.45) is 10.9 Å². The molecule has 0 amide bonds. The Hall–Kier alpha value is -1.49. The number of likely N-dealkylation sites (tertiary alicyclic amines) is 1. The highest BCUT2D eigenvalue weighted by molar-refractivity contribution is 7.98. The van der Waals surface area contributed by atoms with Gasteiger partial charge in [-0.1, -0.05) is 25.6 Å². The van der Waals surface area contributed by atoms with Crippen molar-refractivity contribution in [2.75, 3.05) is 39.5 Å². The minimum Gasteiger partial charge on any atom is -0.356 e. The number of halogens is 3. The van der Waals surface area contributed by atoms with E-state index in [2.05, 4.69) is 44.2 Å². The first-order valence-electron chi connectivity index (χ1n) is 9.94. The zero-order valence-corrected chi connectivity index (χ0v) is 18.4. The molecule has 1 unspecified atom stereocenters. The molecule has 1 aromatic rings. The van der Waals surface area contributed by atoms with Crippen LogP contribution >= 0.6 is 11.8 Å². The van der Waals surface area contributed by atoms with Crippen LogP contribution < -0.4 is 10.6 Å². The van der Waals surface area contributed by atoms with Crippen LogP contribution in [0.4, 0.5) is 13.2 Å². The summed E-state index contributed by atoms with van der Waals surface area (Å²) >= 11 is 1.60. The number of hydrogen-bond donors (Lipinski definition) is 2. The molecule has 0 saturated carbocycles. The third-order valence-electron chi connectivity index (χ3n) is 4.63. The highest BCUT2D eigenvalue weighted by atomic mass is 32.2. The Balaban J connectivity index is 1.75. The lowest BCUT2D eigenvalue weighted by molar-refractivity contribution is -0.143. The minimum absolute atomic E-state index is 0.0261. The van der Waals surface area contributed by atoms with Crippen molar-refractivity contribution in [3.8, 4) is 0 Å². The number of rotatable bonds is 9. The molecule has 2 heterocycles. The SMILES string of the molecule is CN=C(NCCCc1nnc(SC)n1CC(C)C)NC1CCN(CC(F)(F)F)C1. The summed E-state index contributed by atoms with van der Waals surface area (Å²) < 4.78 is 39.7. The first-order chi connectivity index (χ1) is 13.7. The Labute approximate surface area is 174 Å². The van der Waals surface area contributed by atoms with E-state index in [1.165, 1.54) is 4.90 Å². The summed E-state index contributed by atoms with van der Waals surface area (Å²) in [6, 6.07) is -0.0261. The zero-order chi connectivity index (χ0) is 21.4. The van der Waals surface area contributed by atoms with Gasteiger partial charge in [0.15, 0.2) is 11.1 Å². The van der Waals surface area contributed by atoms with Crippen LogP contribution in [0.1, 0.15) is 32.5 Å². The maximum atomic E-state index is 12.5.